The highest BCUT2D eigenvalue weighted by molar-refractivity contribution is 5.95. The molecule has 0 aliphatic heterocycles. The molecule has 0 radical (unpaired) electrons. The van der Waals surface area contributed by atoms with Crippen molar-refractivity contribution in [1.82, 2.24) is 19.7 Å². The van der Waals surface area contributed by atoms with Crippen molar-refractivity contribution in [1.29, 1.82) is 0 Å². The van der Waals surface area contributed by atoms with Crippen LogP contribution in [0.2, 0.25) is 0 Å². The van der Waals surface area contributed by atoms with E-state index in [2.05, 4.69) is 10.1 Å². The van der Waals surface area contributed by atoms with E-state index in [-0.39, 0.29) is 17.8 Å². The third-order valence-corrected chi connectivity index (χ3v) is 4.39. The fourth-order valence-electron chi connectivity index (χ4n) is 2.62. The normalized spacial score (nSPS) is 12.8. The molecule has 0 aromatic carbocycles. The first-order valence-corrected chi connectivity index (χ1v) is 8.09. The van der Waals surface area contributed by atoms with Gasteiger partial charge in [0.1, 0.15) is 5.76 Å². The maximum atomic E-state index is 12.8. The van der Waals surface area contributed by atoms with Crippen molar-refractivity contribution in [2.75, 3.05) is 7.05 Å². The molecule has 3 rings (SSSR count). The van der Waals surface area contributed by atoms with Gasteiger partial charge in [-0.2, -0.15) is 18.3 Å². The minimum absolute atomic E-state index is 0.196. The van der Waals surface area contributed by atoms with Crippen molar-refractivity contribution >= 4 is 5.91 Å². The summed E-state index contributed by atoms with van der Waals surface area (Å²) in [5.41, 5.74) is -0.0391. The van der Waals surface area contributed by atoms with Crippen LogP contribution in [0.25, 0.3) is 5.82 Å². The van der Waals surface area contributed by atoms with E-state index in [1.165, 1.54) is 28.1 Å². The van der Waals surface area contributed by atoms with Gasteiger partial charge in [-0.1, -0.05) is 0 Å². The number of alkyl halides is 3. The largest absolute Gasteiger partial charge is 0.467 e. The summed E-state index contributed by atoms with van der Waals surface area (Å²) in [4.78, 5) is 18.1. The molecule has 0 aliphatic carbocycles. The number of nitrogens with zero attached hydrogens (tertiary/aromatic N) is 4. The molecule has 27 heavy (non-hydrogen) atoms. The number of hydrogen-bond acceptors (Lipinski definition) is 4. The lowest BCUT2D eigenvalue weighted by molar-refractivity contribution is -0.137. The first-order valence-electron chi connectivity index (χ1n) is 8.09. The summed E-state index contributed by atoms with van der Waals surface area (Å²) >= 11 is 0. The van der Waals surface area contributed by atoms with E-state index in [9.17, 15) is 18.0 Å². The second-order valence-electron chi connectivity index (χ2n) is 6.07. The predicted octanol–water partition coefficient (Wildman–Crippen LogP) is 4.02. The fourth-order valence-corrected chi connectivity index (χ4v) is 2.62. The zero-order valence-corrected chi connectivity index (χ0v) is 14.9. The predicted molar refractivity (Wildman–Crippen MR) is 90.3 cm³/mol. The number of amides is 1. The Morgan fingerprint density at radius 3 is 2.56 bits per heavy atom. The summed E-state index contributed by atoms with van der Waals surface area (Å²) in [6.45, 7) is 3.49. The van der Waals surface area contributed by atoms with Crippen LogP contribution in [-0.2, 0) is 6.18 Å². The minimum Gasteiger partial charge on any atom is -0.467 e. The lowest BCUT2D eigenvalue weighted by atomic mass is 10.1. The van der Waals surface area contributed by atoms with E-state index in [4.69, 9.17) is 4.42 Å². The van der Waals surface area contributed by atoms with Gasteiger partial charge in [-0.25, -0.2) is 9.67 Å². The number of aromatic nitrogens is 3. The number of pyridine rings is 1. The van der Waals surface area contributed by atoms with Gasteiger partial charge in [-0.05, 0) is 38.1 Å². The van der Waals surface area contributed by atoms with Crippen LogP contribution in [-0.4, -0.2) is 32.6 Å². The quantitative estimate of drug-likeness (QED) is 0.688. The summed E-state index contributed by atoms with van der Waals surface area (Å²) in [7, 11) is 1.64. The number of hydrogen-bond donors (Lipinski definition) is 0. The number of carbonyl (C=O) groups excluding carboxylic acids is 1. The van der Waals surface area contributed by atoms with E-state index in [0.717, 1.165) is 12.3 Å². The first-order chi connectivity index (χ1) is 12.7. The highest BCUT2D eigenvalue weighted by atomic mass is 19.4. The van der Waals surface area contributed by atoms with Crippen LogP contribution < -0.4 is 0 Å². The van der Waals surface area contributed by atoms with Crippen LogP contribution >= 0.6 is 0 Å². The molecule has 0 saturated carbocycles. The van der Waals surface area contributed by atoms with Crippen LogP contribution in [0.4, 0.5) is 13.2 Å². The summed E-state index contributed by atoms with van der Waals surface area (Å²) in [5.74, 6) is 0.552. The molecule has 0 spiro atoms. The lowest BCUT2D eigenvalue weighted by Crippen LogP contribution is -2.29. The molecule has 1 amide bonds. The second kappa shape index (κ2) is 6.90. The SMILES string of the molecule is Cc1c(C(=O)N(C)C(C)c2ccco2)cnn1-c1ccc(C(F)(F)F)cn1. The number of rotatable bonds is 4. The molecule has 0 saturated heterocycles. The molecule has 3 aromatic heterocycles. The zero-order chi connectivity index (χ0) is 19.8. The van der Waals surface area contributed by atoms with Gasteiger partial charge in [0, 0.05) is 13.2 Å². The Kier molecular flexibility index (Phi) is 4.77. The molecule has 9 heteroatoms. The average Bonchev–Trinajstić information content (AvgIpc) is 3.29. The molecule has 6 nitrogen and oxygen atoms in total. The van der Waals surface area contributed by atoms with E-state index in [0.29, 0.717) is 17.0 Å². The molecule has 3 aromatic rings. The zero-order valence-electron chi connectivity index (χ0n) is 14.9. The van der Waals surface area contributed by atoms with Crippen LogP contribution in [0.5, 0.6) is 0 Å². The summed E-state index contributed by atoms with van der Waals surface area (Å²) in [5, 5.41) is 4.11. The highest BCUT2D eigenvalue weighted by Crippen LogP contribution is 2.29. The maximum absolute atomic E-state index is 12.8. The minimum atomic E-state index is -4.46. The first kappa shape index (κ1) is 18.7. The number of furan rings is 1. The Morgan fingerprint density at radius 2 is 2.00 bits per heavy atom. The standard InChI is InChI=1S/C18H17F3N4O2/c1-11-14(17(26)24(3)12(2)15-5-4-8-27-15)10-23-25(11)16-7-6-13(9-22-16)18(19,20)21/h4-10,12H,1-3H3. The van der Waals surface area contributed by atoms with Crippen molar-refractivity contribution < 1.29 is 22.4 Å². The molecule has 0 bridgehead atoms. The van der Waals surface area contributed by atoms with Gasteiger partial charge in [-0.3, -0.25) is 4.79 Å². The third kappa shape index (κ3) is 3.57. The van der Waals surface area contributed by atoms with Crippen LogP contribution in [0.15, 0.2) is 47.3 Å². The Bertz CT molecular complexity index is 931. The topological polar surface area (TPSA) is 64.2 Å². The van der Waals surface area contributed by atoms with E-state index < -0.39 is 11.7 Å². The van der Waals surface area contributed by atoms with E-state index in [1.54, 1.807) is 26.1 Å². The molecular weight excluding hydrogens is 361 g/mol. The van der Waals surface area contributed by atoms with Crippen molar-refractivity contribution in [3.8, 4) is 5.82 Å². The average molecular weight is 378 g/mol. The lowest BCUT2D eigenvalue weighted by Gasteiger charge is -2.23. The molecular formula is C18H17F3N4O2. The molecule has 1 atom stereocenters. The maximum Gasteiger partial charge on any atom is 0.417 e. The summed E-state index contributed by atoms with van der Waals surface area (Å²) in [6.07, 6.45) is -0.814. The van der Waals surface area contributed by atoms with Crippen molar-refractivity contribution in [2.45, 2.75) is 26.1 Å². The van der Waals surface area contributed by atoms with Gasteiger partial charge >= 0.3 is 6.18 Å². The van der Waals surface area contributed by atoms with Crippen molar-refractivity contribution in [3.05, 3.63) is 65.5 Å². The fraction of sp³-hybridized carbons (Fsp3) is 0.278. The van der Waals surface area contributed by atoms with Gasteiger partial charge in [0.2, 0.25) is 0 Å². The van der Waals surface area contributed by atoms with Crippen molar-refractivity contribution in [3.63, 3.8) is 0 Å². The van der Waals surface area contributed by atoms with Crippen LogP contribution in [0, 0.1) is 6.92 Å². The van der Waals surface area contributed by atoms with Crippen LogP contribution in [0.3, 0.4) is 0 Å². The molecule has 142 valence electrons. The monoisotopic (exact) mass is 378 g/mol. The van der Waals surface area contributed by atoms with Gasteiger partial charge < -0.3 is 9.32 Å². The third-order valence-electron chi connectivity index (χ3n) is 4.39. The van der Waals surface area contributed by atoms with Gasteiger partial charge in [-0.15, -0.1) is 0 Å². The molecule has 1 unspecified atom stereocenters. The number of carbonyl (C=O) groups is 1. The Hall–Kier alpha value is -3.10. The Morgan fingerprint density at radius 1 is 1.26 bits per heavy atom. The van der Waals surface area contributed by atoms with Gasteiger partial charge in [0.05, 0.1) is 35.3 Å². The Balaban J connectivity index is 1.85. The highest BCUT2D eigenvalue weighted by Gasteiger charge is 2.31. The van der Waals surface area contributed by atoms with Gasteiger partial charge in [0.15, 0.2) is 5.82 Å². The molecule has 0 aliphatic rings. The van der Waals surface area contributed by atoms with E-state index in [1.807, 2.05) is 6.92 Å². The van der Waals surface area contributed by atoms with E-state index >= 15 is 0 Å². The molecule has 0 N–H and O–H groups in total. The summed E-state index contributed by atoms with van der Waals surface area (Å²) in [6, 6.07) is 5.36. The Labute approximate surface area is 153 Å². The second-order valence-corrected chi connectivity index (χ2v) is 6.07. The van der Waals surface area contributed by atoms with Crippen molar-refractivity contribution in [2.24, 2.45) is 0 Å². The number of halogens is 3. The van der Waals surface area contributed by atoms with Crippen LogP contribution in [0.1, 0.15) is 40.3 Å². The molecule has 3 heterocycles. The molecule has 0 fully saturated rings. The summed E-state index contributed by atoms with van der Waals surface area (Å²) < 4.78 is 44.7. The smallest absolute Gasteiger partial charge is 0.417 e. The van der Waals surface area contributed by atoms with Gasteiger partial charge in [0.25, 0.3) is 5.91 Å².